The van der Waals surface area contributed by atoms with E-state index in [1.165, 1.54) is 0 Å². The van der Waals surface area contributed by atoms with Crippen LogP contribution in [-0.2, 0) is 0 Å². The van der Waals surface area contributed by atoms with Gasteiger partial charge in [-0.05, 0) is 23.1 Å². The standard InChI is InChI=1S/C30H24O2/c31-29(25-17-9-3-10-18-25)28(30(32)26-19-11-4-12-20-26)22-21-27(23-13-5-1-6-14-23)24-15-7-2-8-16-24/h1-21,28H,22H2. The first-order valence-electron chi connectivity index (χ1n) is 10.7. The van der Waals surface area contributed by atoms with Crippen molar-refractivity contribution in [3.63, 3.8) is 0 Å². The van der Waals surface area contributed by atoms with E-state index in [0.29, 0.717) is 17.5 Å². The van der Waals surface area contributed by atoms with Gasteiger partial charge in [-0.2, -0.15) is 0 Å². The lowest BCUT2D eigenvalue weighted by Crippen LogP contribution is -2.24. The first-order valence-corrected chi connectivity index (χ1v) is 10.7. The van der Waals surface area contributed by atoms with Crippen LogP contribution < -0.4 is 0 Å². The number of benzene rings is 4. The first kappa shape index (κ1) is 21.2. The molecular formula is C30H24O2. The Labute approximate surface area is 188 Å². The molecule has 0 bridgehead atoms. The van der Waals surface area contributed by atoms with Crippen molar-refractivity contribution in [2.45, 2.75) is 6.42 Å². The van der Waals surface area contributed by atoms with Crippen LogP contribution in [0.5, 0.6) is 0 Å². The molecule has 4 aromatic rings. The van der Waals surface area contributed by atoms with Crippen LogP contribution >= 0.6 is 0 Å². The second-order valence-corrected chi connectivity index (χ2v) is 7.60. The van der Waals surface area contributed by atoms with Crippen molar-refractivity contribution in [2.24, 2.45) is 5.92 Å². The van der Waals surface area contributed by atoms with Crippen molar-refractivity contribution < 1.29 is 9.59 Å². The Morgan fingerprint density at radius 2 is 0.812 bits per heavy atom. The van der Waals surface area contributed by atoms with Gasteiger partial charge in [0.05, 0.1) is 5.92 Å². The third kappa shape index (κ3) is 4.98. The van der Waals surface area contributed by atoms with Crippen LogP contribution in [0.25, 0.3) is 5.57 Å². The van der Waals surface area contributed by atoms with Gasteiger partial charge in [0.15, 0.2) is 11.6 Å². The van der Waals surface area contributed by atoms with E-state index in [4.69, 9.17) is 0 Å². The SMILES string of the molecule is O=C(c1ccccc1)C(CC=C(c1ccccc1)c1ccccc1)C(=O)c1ccccc1. The fourth-order valence-corrected chi connectivity index (χ4v) is 3.81. The smallest absolute Gasteiger partial charge is 0.174 e. The van der Waals surface area contributed by atoms with Crippen molar-refractivity contribution in [3.8, 4) is 0 Å². The highest BCUT2D eigenvalue weighted by Gasteiger charge is 2.27. The van der Waals surface area contributed by atoms with E-state index >= 15 is 0 Å². The van der Waals surface area contributed by atoms with Gasteiger partial charge in [-0.15, -0.1) is 0 Å². The number of rotatable bonds is 8. The quantitative estimate of drug-likeness (QED) is 0.231. The van der Waals surface area contributed by atoms with Crippen LogP contribution in [0.15, 0.2) is 127 Å². The van der Waals surface area contributed by atoms with E-state index in [0.717, 1.165) is 16.7 Å². The van der Waals surface area contributed by atoms with E-state index in [1.807, 2.05) is 103 Å². The number of hydrogen-bond donors (Lipinski definition) is 0. The summed E-state index contributed by atoms with van der Waals surface area (Å²) in [6, 6.07) is 38.2. The predicted octanol–water partition coefficient (Wildman–Crippen LogP) is 6.89. The third-order valence-corrected chi connectivity index (χ3v) is 5.48. The van der Waals surface area contributed by atoms with E-state index in [9.17, 15) is 9.59 Å². The molecule has 0 aromatic heterocycles. The summed E-state index contributed by atoms with van der Waals surface area (Å²) in [6.07, 6.45) is 2.34. The predicted molar refractivity (Wildman–Crippen MR) is 130 cm³/mol. The Bertz CT molecular complexity index is 1100. The average molecular weight is 417 g/mol. The Hall–Kier alpha value is -4.04. The number of hydrogen-bond acceptors (Lipinski definition) is 2. The van der Waals surface area contributed by atoms with Crippen LogP contribution in [0.1, 0.15) is 38.3 Å². The summed E-state index contributed by atoms with van der Waals surface area (Å²) in [4.78, 5) is 26.8. The van der Waals surface area contributed by atoms with Gasteiger partial charge in [-0.3, -0.25) is 9.59 Å². The Balaban J connectivity index is 1.74. The molecule has 156 valence electrons. The van der Waals surface area contributed by atoms with Gasteiger partial charge in [-0.1, -0.05) is 127 Å². The van der Waals surface area contributed by atoms with Crippen LogP contribution in [0.4, 0.5) is 0 Å². The fraction of sp³-hybridized carbons (Fsp3) is 0.0667. The van der Waals surface area contributed by atoms with Gasteiger partial charge in [0, 0.05) is 11.1 Å². The van der Waals surface area contributed by atoms with E-state index in [-0.39, 0.29) is 11.6 Å². The zero-order valence-electron chi connectivity index (χ0n) is 17.7. The Kier molecular flexibility index (Phi) is 6.84. The summed E-state index contributed by atoms with van der Waals surface area (Å²) < 4.78 is 0. The van der Waals surface area contributed by atoms with E-state index in [2.05, 4.69) is 0 Å². The number of allylic oxidation sites excluding steroid dienone is 1. The molecule has 0 unspecified atom stereocenters. The molecule has 2 nitrogen and oxygen atoms in total. The number of carbonyl (C=O) groups excluding carboxylic acids is 2. The van der Waals surface area contributed by atoms with Crippen LogP contribution in [-0.4, -0.2) is 11.6 Å². The molecular weight excluding hydrogens is 392 g/mol. The van der Waals surface area contributed by atoms with E-state index in [1.54, 1.807) is 24.3 Å². The molecule has 0 aliphatic heterocycles. The average Bonchev–Trinajstić information content (AvgIpc) is 2.88. The first-order chi connectivity index (χ1) is 15.7. The van der Waals surface area contributed by atoms with Crippen molar-refractivity contribution >= 4 is 17.1 Å². The summed E-state index contributed by atoms with van der Waals surface area (Å²) in [6.45, 7) is 0. The lowest BCUT2D eigenvalue weighted by atomic mass is 9.85. The van der Waals surface area contributed by atoms with Crippen molar-refractivity contribution in [1.29, 1.82) is 0 Å². The van der Waals surface area contributed by atoms with Crippen molar-refractivity contribution in [1.82, 2.24) is 0 Å². The molecule has 0 saturated heterocycles. The molecule has 0 atom stereocenters. The van der Waals surface area contributed by atoms with Gasteiger partial charge >= 0.3 is 0 Å². The number of carbonyl (C=O) groups is 2. The lowest BCUT2D eigenvalue weighted by molar-refractivity contribution is 0.0809. The highest BCUT2D eigenvalue weighted by atomic mass is 16.2. The van der Waals surface area contributed by atoms with Crippen LogP contribution in [0.2, 0.25) is 0 Å². The molecule has 0 aliphatic rings. The monoisotopic (exact) mass is 416 g/mol. The lowest BCUT2D eigenvalue weighted by Gasteiger charge is -2.15. The molecule has 0 amide bonds. The van der Waals surface area contributed by atoms with Crippen LogP contribution in [0, 0.1) is 5.92 Å². The highest BCUT2D eigenvalue weighted by Crippen LogP contribution is 2.27. The largest absolute Gasteiger partial charge is 0.293 e. The van der Waals surface area contributed by atoms with E-state index < -0.39 is 5.92 Å². The summed E-state index contributed by atoms with van der Waals surface area (Å²) in [5, 5.41) is 0. The number of Topliss-reactive ketones (excluding diaryl/α,β-unsaturated/α-hetero) is 2. The summed E-state index contributed by atoms with van der Waals surface area (Å²) in [5.41, 5.74) is 4.22. The maximum atomic E-state index is 13.4. The maximum absolute atomic E-state index is 13.4. The van der Waals surface area contributed by atoms with Gasteiger partial charge in [0.2, 0.25) is 0 Å². The minimum atomic E-state index is -0.790. The Morgan fingerprint density at radius 3 is 1.16 bits per heavy atom. The molecule has 0 aliphatic carbocycles. The van der Waals surface area contributed by atoms with Crippen molar-refractivity contribution in [3.05, 3.63) is 150 Å². The summed E-state index contributed by atoms with van der Waals surface area (Å²) in [7, 11) is 0. The molecule has 0 radical (unpaired) electrons. The molecule has 0 saturated carbocycles. The van der Waals surface area contributed by atoms with Gasteiger partial charge in [0.25, 0.3) is 0 Å². The molecule has 32 heavy (non-hydrogen) atoms. The Morgan fingerprint density at radius 1 is 0.500 bits per heavy atom. The van der Waals surface area contributed by atoms with Gasteiger partial charge < -0.3 is 0 Å². The molecule has 0 N–H and O–H groups in total. The molecule has 4 aromatic carbocycles. The molecule has 0 fully saturated rings. The van der Waals surface area contributed by atoms with Gasteiger partial charge in [-0.25, -0.2) is 0 Å². The molecule has 0 spiro atoms. The second-order valence-electron chi connectivity index (χ2n) is 7.60. The second kappa shape index (κ2) is 10.3. The highest BCUT2D eigenvalue weighted by molar-refractivity contribution is 6.16. The van der Waals surface area contributed by atoms with Crippen molar-refractivity contribution in [2.75, 3.05) is 0 Å². The summed E-state index contributed by atoms with van der Waals surface area (Å²) >= 11 is 0. The molecule has 4 rings (SSSR count). The van der Waals surface area contributed by atoms with Gasteiger partial charge in [0.1, 0.15) is 0 Å². The maximum Gasteiger partial charge on any atom is 0.174 e. The minimum Gasteiger partial charge on any atom is -0.293 e. The molecule has 2 heteroatoms. The normalized spacial score (nSPS) is 10.5. The number of ketones is 2. The zero-order valence-corrected chi connectivity index (χ0v) is 17.7. The molecule has 0 heterocycles. The minimum absolute atomic E-state index is 0.156. The zero-order chi connectivity index (χ0) is 22.2. The topological polar surface area (TPSA) is 34.1 Å². The summed E-state index contributed by atoms with van der Waals surface area (Å²) in [5.74, 6) is -1.10. The van der Waals surface area contributed by atoms with Crippen LogP contribution in [0.3, 0.4) is 0 Å². The fourth-order valence-electron chi connectivity index (χ4n) is 3.81. The third-order valence-electron chi connectivity index (χ3n) is 5.48.